The van der Waals surface area contributed by atoms with Crippen molar-refractivity contribution >= 4 is 5.69 Å². The Labute approximate surface area is 110 Å². The summed E-state index contributed by atoms with van der Waals surface area (Å²) < 4.78 is 0. The summed E-state index contributed by atoms with van der Waals surface area (Å²) in [4.78, 5) is 0. The van der Waals surface area contributed by atoms with Crippen LogP contribution in [0, 0.1) is 5.92 Å². The number of benzene rings is 1. The van der Waals surface area contributed by atoms with Crippen LogP contribution in [0.1, 0.15) is 44.7 Å². The molecular formula is C16H25NO. The largest absolute Gasteiger partial charge is 0.388 e. The second-order valence-corrected chi connectivity index (χ2v) is 6.02. The fraction of sp³-hybridized carbons (Fsp3) is 0.625. The Morgan fingerprint density at radius 1 is 1.28 bits per heavy atom. The molecule has 0 saturated heterocycles. The maximum atomic E-state index is 10.3. The molecule has 1 atom stereocenters. The molecular weight excluding hydrogens is 222 g/mol. The molecule has 1 aliphatic rings. The Bertz CT molecular complexity index is 410. The summed E-state index contributed by atoms with van der Waals surface area (Å²) >= 11 is 0. The van der Waals surface area contributed by atoms with E-state index in [0.717, 1.165) is 0 Å². The zero-order valence-corrected chi connectivity index (χ0v) is 11.8. The first kappa shape index (κ1) is 13.4. The van der Waals surface area contributed by atoms with Crippen LogP contribution in [0.5, 0.6) is 0 Å². The van der Waals surface area contributed by atoms with Gasteiger partial charge in [0.05, 0.1) is 5.60 Å². The summed E-state index contributed by atoms with van der Waals surface area (Å²) in [5, 5.41) is 13.7. The first-order chi connectivity index (χ1) is 8.50. The predicted octanol–water partition coefficient (Wildman–Crippen LogP) is 3.38. The maximum Gasteiger partial charge on any atom is 0.0813 e. The van der Waals surface area contributed by atoms with Crippen LogP contribution in [0.2, 0.25) is 0 Å². The smallest absolute Gasteiger partial charge is 0.0813 e. The zero-order chi connectivity index (χ0) is 13.2. The van der Waals surface area contributed by atoms with Gasteiger partial charge in [0.2, 0.25) is 0 Å². The van der Waals surface area contributed by atoms with E-state index in [1.807, 2.05) is 6.92 Å². The van der Waals surface area contributed by atoms with Crippen molar-refractivity contribution in [3.05, 3.63) is 29.3 Å². The average molecular weight is 247 g/mol. The molecule has 2 N–H and O–H groups in total. The van der Waals surface area contributed by atoms with E-state index in [2.05, 4.69) is 37.4 Å². The van der Waals surface area contributed by atoms with Gasteiger partial charge in [-0.15, -0.1) is 0 Å². The average Bonchev–Trinajstić information content (AvgIpc) is 2.36. The summed E-state index contributed by atoms with van der Waals surface area (Å²) in [5.41, 5.74) is 3.50. The van der Waals surface area contributed by atoms with Crippen LogP contribution in [0.3, 0.4) is 0 Å². The summed E-state index contributed by atoms with van der Waals surface area (Å²) in [5.74, 6) is 0.254. The highest BCUT2D eigenvalue weighted by atomic mass is 16.3. The Kier molecular flexibility index (Phi) is 3.96. The lowest BCUT2D eigenvalue weighted by Crippen LogP contribution is -2.39. The summed E-state index contributed by atoms with van der Waals surface area (Å²) in [7, 11) is 0. The fourth-order valence-electron chi connectivity index (χ4n) is 2.43. The van der Waals surface area contributed by atoms with Gasteiger partial charge in [0.1, 0.15) is 0 Å². The van der Waals surface area contributed by atoms with Crippen LogP contribution in [0.4, 0.5) is 5.69 Å². The van der Waals surface area contributed by atoms with Crippen LogP contribution in [-0.4, -0.2) is 17.3 Å². The van der Waals surface area contributed by atoms with Crippen molar-refractivity contribution in [2.45, 2.75) is 52.1 Å². The topological polar surface area (TPSA) is 32.3 Å². The van der Waals surface area contributed by atoms with Crippen molar-refractivity contribution < 1.29 is 5.11 Å². The molecule has 1 aliphatic carbocycles. The minimum absolute atomic E-state index is 0.254. The minimum atomic E-state index is -0.655. The molecule has 1 aromatic carbocycles. The van der Waals surface area contributed by atoms with E-state index in [-0.39, 0.29) is 5.92 Å². The van der Waals surface area contributed by atoms with Crippen molar-refractivity contribution in [1.82, 2.24) is 0 Å². The van der Waals surface area contributed by atoms with Gasteiger partial charge >= 0.3 is 0 Å². The van der Waals surface area contributed by atoms with Crippen molar-refractivity contribution in [1.29, 1.82) is 0 Å². The van der Waals surface area contributed by atoms with Crippen LogP contribution >= 0.6 is 0 Å². The second kappa shape index (κ2) is 5.31. The van der Waals surface area contributed by atoms with Gasteiger partial charge in [0.25, 0.3) is 0 Å². The van der Waals surface area contributed by atoms with E-state index in [0.29, 0.717) is 6.54 Å². The Morgan fingerprint density at radius 3 is 2.72 bits per heavy atom. The summed E-state index contributed by atoms with van der Waals surface area (Å²) in [6.07, 6.45) is 4.96. The maximum absolute atomic E-state index is 10.3. The highest BCUT2D eigenvalue weighted by molar-refractivity contribution is 5.55. The van der Waals surface area contributed by atoms with Crippen LogP contribution in [-0.2, 0) is 12.8 Å². The van der Waals surface area contributed by atoms with Gasteiger partial charge in [0.15, 0.2) is 0 Å². The normalized spacial score (nSPS) is 18.3. The van der Waals surface area contributed by atoms with Crippen molar-refractivity contribution in [3.63, 3.8) is 0 Å². The minimum Gasteiger partial charge on any atom is -0.388 e. The standard InChI is InChI=1S/C16H25NO/c1-12(2)16(3,18)11-17-15-10-6-8-13-7-4-5-9-14(13)15/h6,8,10,12,17-18H,4-5,7,9,11H2,1-3H3. The number of hydrogen-bond donors (Lipinski definition) is 2. The van der Waals surface area contributed by atoms with E-state index >= 15 is 0 Å². The summed E-state index contributed by atoms with van der Waals surface area (Å²) in [6.45, 7) is 6.63. The van der Waals surface area contributed by atoms with E-state index in [9.17, 15) is 5.11 Å². The lowest BCUT2D eigenvalue weighted by molar-refractivity contribution is 0.0266. The predicted molar refractivity (Wildman–Crippen MR) is 77.0 cm³/mol. The molecule has 18 heavy (non-hydrogen) atoms. The lowest BCUT2D eigenvalue weighted by atomic mass is 9.89. The molecule has 1 aromatic rings. The first-order valence-corrected chi connectivity index (χ1v) is 7.08. The molecule has 0 fully saturated rings. The molecule has 0 bridgehead atoms. The number of nitrogens with one attached hydrogen (secondary N) is 1. The van der Waals surface area contributed by atoms with E-state index < -0.39 is 5.60 Å². The van der Waals surface area contributed by atoms with Gasteiger partial charge < -0.3 is 10.4 Å². The molecule has 0 spiro atoms. The lowest BCUT2D eigenvalue weighted by Gasteiger charge is -2.29. The highest BCUT2D eigenvalue weighted by Crippen LogP contribution is 2.28. The molecule has 0 saturated carbocycles. The molecule has 1 unspecified atom stereocenters. The van der Waals surface area contributed by atoms with Gasteiger partial charge in [0, 0.05) is 12.2 Å². The molecule has 0 amide bonds. The van der Waals surface area contributed by atoms with Gasteiger partial charge in [-0.05, 0) is 55.7 Å². The van der Waals surface area contributed by atoms with Crippen LogP contribution in [0.25, 0.3) is 0 Å². The zero-order valence-electron chi connectivity index (χ0n) is 11.8. The molecule has 0 heterocycles. The Hall–Kier alpha value is -1.02. The van der Waals surface area contributed by atoms with Crippen molar-refractivity contribution in [2.75, 3.05) is 11.9 Å². The molecule has 2 rings (SSSR count). The first-order valence-electron chi connectivity index (χ1n) is 7.08. The van der Waals surface area contributed by atoms with E-state index in [1.165, 1.54) is 42.5 Å². The molecule has 0 aromatic heterocycles. The molecule has 2 nitrogen and oxygen atoms in total. The second-order valence-electron chi connectivity index (χ2n) is 6.02. The third-order valence-electron chi connectivity index (χ3n) is 4.28. The van der Waals surface area contributed by atoms with Gasteiger partial charge in [-0.1, -0.05) is 26.0 Å². The third kappa shape index (κ3) is 2.86. The third-order valence-corrected chi connectivity index (χ3v) is 4.28. The van der Waals surface area contributed by atoms with Gasteiger partial charge in [-0.3, -0.25) is 0 Å². The molecule has 2 heteroatoms. The number of rotatable bonds is 4. The monoisotopic (exact) mass is 247 g/mol. The number of anilines is 1. The highest BCUT2D eigenvalue weighted by Gasteiger charge is 2.25. The SMILES string of the molecule is CC(C)C(C)(O)CNc1cccc2c1CCCC2. The van der Waals surface area contributed by atoms with Gasteiger partial charge in [-0.25, -0.2) is 0 Å². The quantitative estimate of drug-likeness (QED) is 0.855. The van der Waals surface area contributed by atoms with Gasteiger partial charge in [-0.2, -0.15) is 0 Å². The number of aliphatic hydroxyl groups is 1. The Balaban J connectivity index is 2.10. The van der Waals surface area contributed by atoms with Crippen molar-refractivity contribution in [3.8, 4) is 0 Å². The Morgan fingerprint density at radius 2 is 2.00 bits per heavy atom. The van der Waals surface area contributed by atoms with E-state index in [4.69, 9.17) is 0 Å². The molecule has 0 aliphatic heterocycles. The van der Waals surface area contributed by atoms with Crippen LogP contribution in [0.15, 0.2) is 18.2 Å². The number of fused-ring (bicyclic) bond motifs is 1. The summed E-state index contributed by atoms with van der Waals surface area (Å²) in [6, 6.07) is 6.50. The van der Waals surface area contributed by atoms with E-state index in [1.54, 1.807) is 0 Å². The molecule has 0 radical (unpaired) electrons. The van der Waals surface area contributed by atoms with Crippen molar-refractivity contribution in [2.24, 2.45) is 5.92 Å². The number of aryl methyl sites for hydroxylation is 1. The molecule has 100 valence electrons. The fourth-order valence-corrected chi connectivity index (χ4v) is 2.43. The number of hydrogen-bond acceptors (Lipinski definition) is 2. The van der Waals surface area contributed by atoms with Crippen LogP contribution < -0.4 is 5.32 Å².